The number of amides is 1. The average molecular weight is 334 g/mol. The molecule has 0 fully saturated rings. The highest BCUT2D eigenvalue weighted by Gasteiger charge is 2.17. The average Bonchev–Trinajstić information content (AvgIpc) is 2.62. The van der Waals surface area contributed by atoms with Crippen molar-refractivity contribution in [1.29, 1.82) is 5.26 Å². The first kappa shape index (κ1) is 16.0. The second-order valence-electron chi connectivity index (χ2n) is 5.14. The van der Waals surface area contributed by atoms with Gasteiger partial charge in [0.1, 0.15) is 11.4 Å². The fourth-order valence-corrected chi connectivity index (χ4v) is 3.11. The third-order valence-electron chi connectivity index (χ3n) is 3.42. The molecule has 1 amide bonds. The van der Waals surface area contributed by atoms with Crippen LogP contribution in [0.2, 0.25) is 0 Å². The molecular weight excluding hydrogens is 320 g/mol. The number of nitrogens with one attached hydrogen (secondary N) is 1. The SMILES string of the molecule is C[C@@H](Sc1ncnc2ccccc12)C(=O)Nc1cccc(C#N)c1. The van der Waals surface area contributed by atoms with Crippen LogP contribution in [0.3, 0.4) is 0 Å². The van der Waals surface area contributed by atoms with Crippen molar-refractivity contribution in [1.82, 2.24) is 9.97 Å². The number of para-hydroxylation sites is 1. The van der Waals surface area contributed by atoms with Gasteiger partial charge < -0.3 is 5.32 Å². The molecule has 0 spiro atoms. The number of rotatable bonds is 4. The summed E-state index contributed by atoms with van der Waals surface area (Å²) in [5.41, 5.74) is 1.97. The van der Waals surface area contributed by atoms with E-state index in [4.69, 9.17) is 5.26 Å². The van der Waals surface area contributed by atoms with Gasteiger partial charge >= 0.3 is 0 Å². The van der Waals surface area contributed by atoms with Crippen molar-refractivity contribution in [2.75, 3.05) is 5.32 Å². The minimum Gasteiger partial charge on any atom is -0.325 e. The predicted octanol–water partition coefficient (Wildman–Crippen LogP) is 3.62. The zero-order valence-corrected chi connectivity index (χ0v) is 13.7. The second kappa shape index (κ2) is 7.11. The summed E-state index contributed by atoms with van der Waals surface area (Å²) >= 11 is 1.38. The lowest BCUT2D eigenvalue weighted by molar-refractivity contribution is -0.115. The number of fused-ring (bicyclic) bond motifs is 1. The van der Waals surface area contributed by atoms with Crippen LogP contribution in [0.1, 0.15) is 12.5 Å². The fourth-order valence-electron chi connectivity index (χ4n) is 2.21. The third-order valence-corrected chi connectivity index (χ3v) is 4.54. The van der Waals surface area contributed by atoms with E-state index in [1.54, 1.807) is 24.3 Å². The van der Waals surface area contributed by atoms with Gasteiger partial charge in [0.15, 0.2) is 0 Å². The maximum Gasteiger partial charge on any atom is 0.237 e. The Morgan fingerprint density at radius 2 is 2.04 bits per heavy atom. The first-order chi connectivity index (χ1) is 11.7. The van der Waals surface area contributed by atoms with E-state index in [-0.39, 0.29) is 11.2 Å². The highest BCUT2D eigenvalue weighted by molar-refractivity contribution is 8.00. The first-order valence-electron chi connectivity index (χ1n) is 7.35. The maximum absolute atomic E-state index is 12.4. The molecule has 1 atom stereocenters. The standard InChI is InChI=1S/C18H14N4OS/c1-12(17(23)22-14-6-4-5-13(9-14)10-19)24-18-15-7-2-3-8-16(15)20-11-21-18/h2-9,11-12H,1H3,(H,22,23)/t12-/m1/s1. The van der Waals surface area contributed by atoms with Crippen molar-refractivity contribution in [3.8, 4) is 6.07 Å². The molecule has 0 aliphatic heterocycles. The number of nitriles is 1. The molecule has 3 rings (SSSR count). The molecule has 0 saturated heterocycles. The van der Waals surface area contributed by atoms with Crippen molar-refractivity contribution < 1.29 is 4.79 Å². The molecular formula is C18H14N4OS. The number of thioether (sulfide) groups is 1. The van der Waals surface area contributed by atoms with Gasteiger partial charge in [-0.15, -0.1) is 0 Å². The minimum atomic E-state index is -0.339. The van der Waals surface area contributed by atoms with Crippen LogP contribution in [0.15, 0.2) is 59.9 Å². The van der Waals surface area contributed by atoms with Crippen molar-refractivity contribution >= 4 is 34.3 Å². The summed E-state index contributed by atoms with van der Waals surface area (Å²) in [6, 6.07) is 16.6. The summed E-state index contributed by atoms with van der Waals surface area (Å²) in [7, 11) is 0. The highest BCUT2D eigenvalue weighted by atomic mass is 32.2. The Balaban J connectivity index is 1.75. The number of carbonyl (C=O) groups excluding carboxylic acids is 1. The van der Waals surface area contributed by atoms with E-state index < -0.39 is 0 Å². The van der Waals surface area contributed by atoms with Crippen LogP contribution >= 0.6 is 11.8 Å². The summed E-state index contributed by atoms with van der Waals surface area (Å²) in [6.07, 6.45) is 1.51. The Morgan fingerprint density at radius 3 is 2.88 bits per heavy atom. The monoisotopic (exact) mass is 334 g/mol. The zero-order valence-electron chi connectivity index (χ0n) is 12.9. The lowest BCUT2D eigenvalue weighted by Crippen LogP contribution is -2.22. The first-order valence-corrected chi connectivity index (χ1v) is 8.23. The number of hydrogen-bond donors (Lipinski definition) is 1. The number of aromatic nitrogens is 2. The molecule has 2 aromatic carbocycles. The molecule has 0 radical (unpaired) electrons. The smallest absolute Gasteiger partial charge is 0.237 e. The molecule has 0 aliphatic carbocycles. The maximum atomic E-state index is 12.4. The van der Waals surface area contributed by atoms with Crippen LogP contribution in [0, 0.1) is 11.3 Å². The minimum absolute atomic E-state index is 0.141. The summed E-state index contributed by atoms with van der Waals surface area (Å²) in [5, 5.41) is 13.1. The molecule has 0 aliphatic rings. The third kappa shape index (κ3) is 3.53. The lowest BCUT2D eigenvalue weighted by Gasteiger charge is -2.12. The second-order valence-corrected chi connectivity index (χ2v) is 6.47. The molecule has 6 heteroatoms. The van der Waals surface area contributed by atoms with Crippen molar-refractivity contribution in [3.05, 3.63) is 60.4 Å². The molecule has 0 bridgehead atoms. The quantitative estimate of drug-likeness (QED) is 0.582. The number of nitrogens with zero attached hydrogens (tertiary/aromatic N) is 3. The molecule has 1 N–H and O–H groups in total. The van der Waals surface area contributed by atoms with Crippen molar-refractivity contribution in [3.63, 3.8) is 0 Å². The Labute approximate surface area is 143 Å². The Morgan fingerprint density at radius 1 is 1.21 bits per heavy atom. The molecule has 24 heavy (non-hydrogen) atoms. The largest absolute Gasteiger partial charge is 0.325 e. The van der Waals surface area contributed by atoms with Gasteiger partial charge in [-0.25, -0.2) is 9.97 Å². The molecule has 3 aromatic rings. The fraction of sp³-hybridized carbons (Fsp3) is 0.111. The normalized spacial score (nSPS) is 11.7. The molecule has 1 aromatic heterocycles. The Bertz CT molecular complexity index is 930. The van der Waals surface area contributed by atoms with E-state index in [1.807, 2.05) is 31.2 Å². The van der Waals surface area contributed by atoms with E-state index in [2.05, 4.69) is 21.4 Å². The van der Waals surface area contributed by atoms with Crippen LogP contribution in [-0.2, 0) is 4.79 Å². The molecule has 118 valence electrons. The molecule has 5 nitrogen and oxygen atoms in total. The van der Waals surface area contributed by atoms with Gasteiger partial charge in [-0.1, -0.05) is 36.0 Å². The Hall–Kier alpha value is -2.91. The van der Waals surface area contributed by atoms with Crippen LogP contribution in [0.5, 0.6) is 0 Å². The molecule has 1 heterocycles. The van der Waals surface area contributed by atoms with Gasteiger partial charge in [0.25, 0.3) is 0 Å². The number of benzene rings is 2. The van der Waals surface area contributed by atoms with Gasteiger partial charge in [0, 0.05) is 11.1 Å². The summed E-state index contributed by atoms with van der Waals surface area (Å²) in [6.45, 7) is 1.82. The van der Waals surface area contributed by atoms with Crippen molar-refractivity contribution in [2.45, 2.75) is 17.2 Å². The van der Waals surface area contributed by atoms with Gasteiger partial charge in [-0.2, -0.15) is 5.26 Å². The van der Waals surface area contributed by atoms with Gasteiger partial charge in [0.05, 0.1) is 22.4 Å². The van der Waals surface area contributed by atoms with Gasteiger partial charge in [-0.3, -0.25) is 4.79 Å². The van der Waals surface area contributed by atoms with E-state index in [0.717, 1.165) is 15.9 Å². The Kier molecular flexibility index (Phi) is 4.73. The molecule has 0 unspecified atom stereocenters. The predicted molar refractivity (Wildman–Crippen MR) is 94.6 cm³/mol. The van der Waals surface area contributed by atoms with Crippen LogP contribution < -0.4 is 5.32 Å². The lowest BCUT2D eigenvalue weighted by atomic mass is 10.2. The zero-order chi connectivity index (χ0) is 16.9. The van der Waals surface area contributed by atoms with Gasteiger partial charge in [0.2, 0.25) is 5.91 Å². The number of anilines is 1. The van der Waals surface area contributed by atoms with Crippen LogP contribution in [0.25, 0.3) is 10.9 Å². The summed E-state index contributed by atoms with van der Waals surface area (Å²) in [5.74, 6) is -0.141. The number of hydrogen-bond acceptors (Lipinski definition) is 5. The van der Waals surface area contributed by atoms with Crippen LogP contribution in [0.4, 0.5) is 5.69 Å². The van der Waals surface area contributed by atoms with Gasteiger partial charge in [-0.05, 0) is 31.2 Å². The van der Waals surface area contributed by atoms with E-state index in [0.29, 0.717) is 11.3 Å². The van der Waals surface area contributed by atoms with Crippen LogP contribution in [-0.4, -0.2) is 21.1 Å². The van der Waals surface area contributed by atoms with E-state index in [9.17, 15) is 4.79 Å². The molecule has 0 saturated carbocycles. The number of carbonyl (C=O) groups is 1. The topological polar surface area (TPSA) is 78.7 Å². The van der Waals surface area contributed by atoms with Crippen molar-refractivity contribution in [2.24, 2.45) is 0 Å². The summed E-state index contributed by atoms with van der Waals surface area (Å²) in [4.78, 5) is 20.9. The van der Waals surface area contributed by atoms with E-state index >= 15 is 0 Å². The summed E-state index contributed by atoms with van der Waals surface area (Å²) < 4.78 is 0. The highest BCUT2D eigenvalue weighted by Crippen LogP contribution is 2.28. The van der Waals surface area contributed by atoms with E-state index in [1.165, 1.54) is 18.1 Å².